The molecule has 0 unspecified atom stereocenters. The van der Waals surface area contributed by atoms with Crippen molar-refractivity contribution in [1.29, 1.82) is 0 Å². The van der Waals surface area contributed by atoms with Crippen molar-refractivity contribution in [1.82, 2.24) is 0 Å². The molecule has 0 saturated heterocycles. The lowest BCUT2D eigenvalue weighted by Crippen LogP contribution is -2.18. The van der Waals surface area contributed by atoms with Gasteiger partial charge < -0.3 is 9.11 Å². The van der Waals surface area contributed by atoms with Crippen LogP contribution in [0.1, 0.15) is 0 Å². The molecule has 0 atom stereocenters. The smallest absolute Gasteiger partial charge is 0.332 e. The third-order valence-electron chi connectivity index (χ3n) is 1.53. The summed E-state index contributed by atoms with van der Waals surface area (Å²) in [5.74, 6) is 0. The van der Waals surface area contributed by atoms with Crippen LogP contribution in [0, 0.1) is 0 Å². The molecule has 0 aromatic carbocycles. The van der Waals surface area contributed by atoms with Crippen LogP contribution in [0.15, 0.2) is 58.0 Å². The minimum absolute atomic E-state index is 1.01. The molecule has 2 aromatic rings. The Bertz CT molecular complexity index is 576. The first-order valence-electron chi connectivity index (χ1n) is 4.92. The molecular weight excluding hydrogens is 564 g/mol. The highest BCUT2D eigenvalue weighted by Crippen LogP contribution is 2.01. The number of halogens is 4. The predicted molar refractivity (Wildman–Crippen MR) is 87.8 cm³/mol. The molecule has 0 N–H and O–H groups in total. The van der Waals surface area contributed by atoms with Crippen LogP contribution in [0.3, 0.4) is 0 Å². The molecule has 0 spiro atoms. The van der Waals surface area contributed by atoms with Crippen LogP contribution in [-0.2, 0) is 10.4 Å². The fraction of sp³-hybridized carbons (Fsp3) is 0. The molecule has 116 valence electrons. The van der Waals surface area contributed by atoms with Gasteiger partial charge >= 0.3 is 32.3 Å². The van der Waals surface area contributed by atoms with E-state index in [0.29, 0.717) is 0 Å². The standard InChI is InChI=1S/2C5H4Br2N.H2O4S/c2*6-5-3-1-2-4-8(5)7;1-5(2,3)4/h2*1-4H;(H2,1,2,3,4)/q2*+1;/p-2. The van der Waals surface area contributed by atoms with Gasteiger partial charge in [-0.25, -0.2) is 0 Å². The van der Waals surface area contributed by atoms with Crippen molar-refractivity contribution in [2.75, 3.05) is 0 Å². The summed E-state index contributed by atoms with van der Waals surface area (Å²) in [6.07, 6.45) is 3.81. The van der Waals surface area contributed by atoms with E-state index in [1.165, 1.54) is 0 Å². The normalized spacial score (nSPS) is 9.81. The lowest BCUT2D eigenvalue weighted by molar-refractivity contribution is -0.487. The fourth-order valence-electron chi connectivity index (χ4n) is 0.805. The summed E-state index contributed by atoms with van der Waals surface area (Å²) in [6.45, 7) is 0. The lowest BCUT2D eigenvalue weighted by Gasteiger charge is -2.06. The second-order valence-electron chi connectivity index (χ2n) is 3.08. The summed E-state index contributed by atoms with van der Waals surface area (Å²) in [5.41, 5.74) is 0. The van der Waals surface area contributed by atoms with E-state index in [4.69, 9.17) is 17.5 Å². The van der Waals surface area contributed by atoms with Crippen LogP contribution in [0.5, 0.6) is 0 Å². The zero-order valence-corrected chi connectivity index (χ0v) is 17.2. The Balaban J connectivity index is 0.000000296. The average Bonchev–Trinajstić information content (AvgIpc) is 2.35. The number of aromatic nitrogens is 2. The molecule has 21 heavy (non-hydrogen) atoms. The topological polar surface area (TPSA) is 88.0 Å². The summed E-state index contributed by atoms with van der Waals surface area (Å²) >= 11 is 13.2. The zero-order valence-electron chi connectivity index (χ0n) is 10.1. The number of hydrogen-bond acceptors (Lipinski definition) is 4. The summed E-state index contributed by atoms with van der Waals surface area (Å²) in [4.78, 5) is 0. The molecule has 0 amide bonds. The number of rotatable bonds is 0. The van der Waals surface area contributed by atoms with Crippen LogP contribution in [0.4, 0.5) is 0 Å². The van der Waals surface area contributed by atoms with Crippen molar-refractivity contribution in [2.24, 2.45) is 0 Å². The Morgan fingerprint density at radius 3 is 1.24 bits per heavy atom. The summed E-state index contributed by atoms with van der Waals surface area (Å²) in [7, 11) is -5.17. The van der Waals surface area contributed by atoms with Crippen molar-refractivity contribution >= 4 is 74.6 Å². The highest BCUT2D eigenvalue weighted by atomic mass is 79.9. The summed E-state index contributed by atoms with van der Waals surface area (Å²) in [5, 5.41) is 0. The predicted octanol–water partition coefficient (Wildman–Crippen LogP) is 2.45. The first-order valence-corrected chi connectivity index (χ1v) is 9.26. The van der Waals surface area contributed by atoms with E-state index in [1.54, 1.807) is 0 Å². The van der Waals surface area contributed by atoms with Crippen LogP contribution in [-0.4, -0.2) is 17.5 Å². The molecule has 0 bridgehead atoms. The third kappa shape index (κ3) is 13.5. The van der Waals surface area contributed by atoms with Gasteiger partial charge in [0.1, 0.15) is 0 Å². The van der Waals surface area contributed by atoms with Gasteiger partial charge in [0, 0.05) is 66.5 Å². The Morgan fingerprint density at radius 1 is 0.810 bits per heavy atom. The average molecular weight is 572 g/mol. The molecule has 11 heteroatoms. The molecule has 6 nitrogen and oxygen atoms in total. The van der Waals surface area contributed by atoms with Crippen LogP contribution in [0.25, 0.3) is 0 Å². The molecule has 0 radical (unpaired) electrons. The molecular formula is C10H8Br4N2O4S. The van der Waals surface area contributed by atoms with Crippen LogP contribution < -0.4 is 7.19 Å². The Kier molecular flexibility index (Phi) is 10.8. The van der Waals surface area contributed by atoms with Crippen molar-refractivity contribution in [3.8, 4) is 0 Å². The van der Waals surface area contributed by atoms with E-state index < -0.39 is 10.4 Å². The first-order chi connectivity index (χ1) is 9.61. The Morgan fingerprint density at radius 2 is 1.10 bits per heavy atom. The van der Waals surface area contributed by atoms with Gasteiger partial charge in [0.05, 0.1) is 0 Å². The Labute approximate surface area is 156 Å². The van der Waals surface area contributed by atoms with Crippen molar-refractivity contribution in [3.63, 3.8) is 0 Å². The van der Waals surface area contributed by atoms with Gasteiger partial charge in [0.2, 0.25) is 0 Å². The highest BCUT2D eigenvalue weighted by molar-refractivity contribution is 9.11. The minimum atomic E-state index is -5.17. The van der Waals surface area contributed by atoms with E-state index in [2.05, 4.69) is 64.2 Å². The largest absolute Gasteiger partial charge is 0.759 e. The monoisotopic (exact) mass is 568 g/mol. The molecule has 0 fully saturated rings. The quantitative estimate of drug-likeness (QED) is 0.276. The highest BCUT2D eigenvalue weighted by Gasteiger charge is 1.98. The molecule has 0 aliphatic rings. The molecule has 2 heterocycles. The van der Waals surface area contributed by atoms with E-state index in [1.807, 2.05) is 56.0 Å². The van der Waals surface area contributed by atoms with Crippen molar-refractivity contribution in [2.45, 2.75) is 0 Å². The maximum atomic E-state index is 8.52. The zero-order chi connectivity index (χ0) is 16.5. The van der Waals surface area contributed by atoms with Crippen LogP contribution in [0.2, 0.25) is 0 Å². The van der Waals surface area contributed by atoms with Crippen LogP contribution >= 0.6 is 64.2 Å². The van der Waals surface area contributed by atoms with Gasteiger partial charge in [0.25, 0.3) is 9.21 Å². The maximum absolute atomic E-state index is 8.52. The van der Waals surface area contributed by atoms with E-state index >= 15 is 0 Å². The Hall–Kier alpha value is 0.0900. The fourth-order valence-corrected chi connectivity index (χ4v) is 1.86. The SMILES string of the molecule is Brc1cccc[n+]1Br.Brc1cccc[n+]1Br.O=S(=O)([O-])[O-]. The van der Waals surface area contributed by atoms with E-state index in [9.17, 15) is 0 Å². The second-order valence-corrected chi connectivity index (χ2v) is 7.05. The molecule has 0 aliphatic heterocycles. The summed E-state index contributed by atoms with van der Waals surface area (Å²) < 4.78 is 39.7. The molecule has 0 aliphatic carbocycles. The van der Waals surface area contributed by atoms with Gasteiger partial charge in [-0.3, -0.25) is 8.42 Å². The van der Waals surface area contributed by atoms with Crippen molar-refractivity contribution in [3.05, 3.63) is 58.0 Å². The molecule has 0 saturated carbocycles. The number of nitrogens with zero attached hydrogens (tertiary/aromatic N) is 2. The van der Waals surface area contributed by atoms with Gasteiger partial charge in [-0.2, -0.15) is 0 Å². The van der Waals surface area contributed by atoms with Gasteiger partial charge in [0.15, 0.2) is 12.4 Å². The van der Waals surface area contributed by atoms with Gasteiger partial charge in [-0.1, -0.05) is 0 Å². The number of hydrogen-bond donors (Lipinski definition) is 0. The van der Waals surface area contributed by atoms with Crippen molar-refractivity contribution < 1.29 is 24.7 Å². The number of pyridine rings is 2. The van der Waals surface area contributed by atoms with Gasteiger partial charge in [-0.15, -0.1) is 7.19 Å². The molecule has 2 aromatic heterocycles. The second kappa shape index (κ2) is 10.8. The first kappa shape index (κ1) is 21.1. The minimum Gasteiger partial charge on any atom is -0.759 e. The van der Waals surface area contributed by atoms with Gasteiger partial charge in [-0.05, 0) is 12.1 Å². The molecule has 2 rings (SSSR count). The summed E-state index contributed by atoms with van der Waals surface area (Å²) in [6, 6.07) is 11.7. The van der Waals surface area contributed by atoms with E-state index in [0.717, 1.165) is 9.21 Å². The third-order valence-corrected chi connectivity index (χ3v) is 5.01. The van der Waals surface area contributed by atoms with E-state index in [-0.39, 0.29) is 0 Å². The maximum Gasteiger partial charge on any atom is 0.332 e. The lowest BCUT2D eigenvalue weighted by atomic mass is 10.5.